The highest BCUT2D eigenvalue weighted by molar-refractivity contribution is 7.85. The van der Waals surface area contributed by atoms with Crippen molar-refractivity contribution in [1.29, 1.82) is 0 Å². The second kappa shape index (κ2) is 18.3. The van der Waals surface area contributed by atoms with E-state index >= 15 is 0 Å². The molecule has 2 unspecified atom stereocenters. The van der Waals surface area contributed by atoms with Gasteiger partial charge in [0.05, 0.1) is 20.6 Å². The molecule has 0 saturated carbocycles. The Kier molecular flexibility index (Phi) is 18.2. The molecule has 0 radical (unpaired) electrons. The predicted molar refractivity (Wildman–Crippen MR) is 133 cm³/mol. The van der Waals surface area contributed by atoms with Crippen molar-refractivity contribution in [2.45, 2.75) is 123 Å². The topological polar surface area (TPSA) is 74.6 Å². The first-order valence-electron chi connectivity index (χ1n) is 13.0. The van der Waals surface area contributed by atoms with E-state index in [-0.39, 0.29) is 0 Å². The van der Waals surface area contributed by atoms with Crippen LogP contribution in [0.5, 0.6) is 0 Å². The Bertz CT molecular complexity index is 508. The van der Waals surface area contributed by atoms with E-state index in [4.69, 9.17) is 4.55 Å². The largest absolute Gasteiger partial charge is 0.386 e. The van der Waals surface area contributed by atoms with Crippen LogP contribution < -0.4 is 0 Å². The van der Waals surface area contributed by atoms with E-state index in [2.05, 4.69) is 13.8 Å². The number of hydrogen-bond acceptors (Lipinski definition) is 3. The number of rotatable bonds is 22. The highest BCUT2D eigenvalue weighted by Crippen LogP contribution is 2.17. The zero-order valence-corrected chi connectivity index (χ0v) is 22.0. The van der Waals surface area contributed by atoms with Gasteiger partial charge in [0.2, 0.25) is 0 Å². The quantitative estimate of drug-likeness (QED) is 0.113. The number of aliphatic hydroxyl groups excluding tert-OH is 1. The summed E-state index contributed by atoms with van der Waals surface area (Å²) in [5.74, 6) is 0.342. The first-order chi connectivity index (χ1) is 14.6. The lowest BCUT2D eigenvalue weighted by molar-refractivity contribution is -0.893. The van der Waals surface area contributed by atoms with Gasteiger partial charge in [-0.1, -0.05) is 104 Å². The van der Waals surface area contributed by atoms with E-state index in [9.17, 15) is 13.5 Å². The summed E-state index contributed by atoms with van der Waals surface area (Å²) in [7, 11) is -0.110. The average molecular weight is 465 g/mol. The molecule has 0 aliphatic carbocycles. The van der Waals surface area contributed by atoms with Crippen molar-refractivity contribution in [2.75, 3.05) is 32.9 Å². The zero-order valence-electron chi connectivity index (χ0n) is 21.2. The van der Waals surface area contributed by atoms with E-state index < -0.39 is 22.0 Å². The van der Waals surface area contributed by atoms with Crippen LogP contribution in [0.1, 0.15) is 117 Å². The van der Waals surface area contributed by atoms with Gasteiger partial charge in [-0.05, 0) is 18.8 Å². The molecular formula is C25H54NO4S+. The third-order valence-electron chi connectivity index (χ3n) is 6.37. The van der Waals surface area contributed by atoms with E-state index in [1.165, 1.54) is 96.3 Å². The maximum atomic E-state index is 10.9. The van der Waals surface area contributed by atoms with Gasteiger partial charge in [-0.25, -0.2) is 0 Å². The summed E-state index contributed by atoms with van der Waals surface area (Å²) in [6.45, 7) is 5.95. The van der Waals surface area contributed by atoms with Crippen LogP contribution in [0.2, 0.25) is 0 Å². The summed E-state index contributed by atoms with van der Waals surface area (Å²) < 4.78 is 31.1. The fraction of sp³-hybridized carbons (Fsp3) is 1.00. The van der Waals surface area contributed by atoms with Gasteiger partial charge in [0.25, 0.3) is 10.1 Å². The van der Waals surface area contributed by atoms with Crippen LogP contribution in [0.3, 0.4) is 0 Å². The average Bonchev–Trinajstić information content (AvgIpc) is 2.64. The van der Waals surface area contributed by atoms with Gasteiger partial charge in [0.15, 0.2) is 0 Å². The van der Waals surface area contributed by atoms with Crippen molar-refractivity contribution >= 4 is 10.1 Å². The van der Waals surface area contributed by atoms with Crippen molar-refractivity contribution in [3.63, 3.8) is 0 Å². The number of nitrogens with zero attached hydrogens (tertiary/aromatic N) is 1. The Hall–Kier alpha value is -0.170. The number of likely N-dealkylation sites (N-methyl/N-ethyl adjacent to an activating group) is 1. The maximum Gasteiger partial charge on any atom is 0.267 e. The van der Waals surface area contributed by atoms with Crippen LogP contribution in [0, 0.1) is 5.92 Å². The molecule has 0 aliphatic heterocycles. The molecule has 0 bridgehead atoms. The molecule has 188 valence electrons. The van der Waals surface area contributed by atoms with Gasteiger partial charge in [0.1, 0.15) is 18.4 Å². The molecule has 31 heavy (non-hydrogen) atoms. The minimum Gasteiger partial charge on any atom is -0.386 e. The van der Waals surface area contributed by atoms with Crippen molar-refractivity contribution in [1.82, 2.24) is 0 Å². The number of unbranched alkanes of at least 4 members (excludes halogenated alkanes) is 12. The molecule has 0 spiro atoms. The van der Waals surface area contributed by atoms with E-state index in [0.717, 1.165) is 18.9 Å². The lowest BCUT2D eigenvalue weighted by atomic mass is 9.97. The molecule has 0 saturated heterocycles. The molecule has 0 fully saturated rings. The first-order valence-corrected chi connectivity index (χ1v) is 14.6. The first kappa shape index (κ1) is 30.8. The van der Waals surface area contributed by atoms with Crippen LogP contribution >= 0.6 is 0 Å². The molecule has 6 heteroatoms. The smallest absolute Gasteiger partial charge is 0.267 e. The molecule has 0 aromatic heterocycles. The van der Waals surface area contributed by atoms with Gasteiger partial charge >= 0.3 is 0 Å². The summed E-state index contributed by atoms with van der Waals surface area (Å²) >= 11 is 0. The van der Waals surface area contributed by atoms with Crippen molar-refractivity contribution in [3.8, 4) is 0 Å². The molecule has 0 aromatic carbocycles. The van der Waals surface area contributed by atoms with Crippen LogP contribution in [0.4, 0.5) is 0 Å². The maximum absolute atomic E-state index is 10.9. The summed E-state index contributed by atoms with van der Waals surface area (Å²) in [5, 5.41) is 9.82. The van der Waals surface area contributed by atoms with Crippen LogP contribution in [0.15, 0.2) is 0 Å². The highest BCUT2D eigenvalue weighted by atomic mass is 32.2. The summed E-state index contributed by atoms with van der Waals surface area (Å²) in [4.78, 5) is 0. The normalized spacial score (nSPS) is 14.6. The SMILES string of the molecule is CCCCC(C)CCCCCCCCCCCCCC[N+](C)(C)CC(O)CS(=O)(=O)O. The summed E-state index contributed by atoms with van der Waals surface area (Å²) in [6.07, 6.45) is 20.5. The molecule has 0 rings (SSSR count). The van der Waals surface area contributed by atoms with Crippen LogP contribution in [-0.2, 0) is 10.1 Å². The van der Waals surface area contributed by atoms with Gasteiger partial charge < -0.3 is 9.59 Å². The number of quaternary nitrogens is 1. The van der Waals surface area contributed by atoms with E-state index in [1.807, 2.05) is 14.1 Å². The number of aliphatic hydroxyl groups is 1. The second-order valence-corrected chi connectivity index (χ2v) is 12.0. The molecule has 0 heterocycles. The Balaban J connectivity index is 3.44. The Morgan fingerprint density at radius 2 is 1.16 bits per heavy atom. The van der Waals surface area contributed by atoms with E-state index in [0.29, 0.717) is 11.0 Å². The minimum atomic E-state index is -4.11. The van der Waals surface area contributed by atoms with Crippen LogP contribution in [-0.4, -0.2) is 61.6 Å². The van der Waals surface area contributed by atoms with Crippen molar-refractivity contribution in [3.05, 3.63) is 0 Å². The van der Waals surface area contributed by atoms with Gasteiger partial charge in [-0.15, -0.1) is 0 Å². The molecular weight excluding hydrogens is 410 g/mol. The third-order valence-corrected chi connectivity index (χ3v) is 7.17. The molecule has 0 aromatic rings. The van der Waals surface area contributed by atoms with Crippen molar-refractivity contribution in [2.24, 2.45) is 5.92 Å². The molecule has 2 atom stereocenters. The van der Waals surface area contributed by atoms with E-state index in [1.54, 1.807) is 0 Å². The summed E-state index contributed by atoms with van der Waals surface area (Å²) in [6, 6.07) is 0. The number of hydrogen-bond donors (Lipinski definition) is 2. The monoisotopic (exact) mass is 464 g/mol. The Morgan fingerprint density at radius 1 is 0.742 bits per heavy atom. The van der Waals surface area contributed by atoms with Crippen molar-refractivity contribution < 1.29 is 22.6 Å². The van der Waals surface area contributed by atoms with Gasteiger partial charge in [0, 0.05) is 0 Å². The second-order valence-electron chi connectivity index (χ2n) is 10.5. The van der Waals surface area contributed by atoms with Gasteiger partial charge in [-0.3, -0.25) is 4.55 Å². The standard InChI is InChI=1S/C25H53NO4S/c1-5-6-19-24(2)20-17-15-13-11-9-7-8-10-12-14-16-18-21-26(3,4)22-25(27)23-31(28,29)30/h24-25,27H,5-23H2,1-4H3/p+1. The summed E-state index contributed by atoms with van der Waals surface area (Å²) in [5.41, 5.74) is 0. The Morgan fingerprint density at radius 3 is 1.61 bits per heavy atom. The molecule has 2 N–H and O–H groups in total. The minimum absolute atomic E-state index is 0.345. The zero-order chi connectivity index (χ0) is 23.6. The third kappa shape index (κ3) is 22.8. The van der Waals surface area contributed by atoms with Crippen LogP contribution in [0.25, 0.3) is 0 Å². The lowest BCUT2D eigenvalue weighted by Crippen LogP contribution is -2.47. The fourth-order valence-corrected chi connectivity index (χ4v) is 5.05. The fourth-order valence-electron chi connectivity index (χ4n) is 4.45. The van der Waals surface area contributed by atoms with Gasteiger partial charge in [-0.2, -0.15) is 8.42 Å². The molecule has 5 nitrogen and oxygen atoms in total. The predicted octanol–water partition coefficient (Wildman–Crippen LogP) is 6.21. The highest BCUT2D eigenvalue weighted by Gasteiger charge is 2.23. The molecule has 0 aliphatic rings. The lowest BCUT2D eigenvalue weighted by Gasteiger charge is -2.31. The molecule has 0 amide bonds. The Labute approximate surface area is 194 Å².